The second-order valence-electron chi connectivity index (χ2n) is 7.73. The molecule has 2 aromatic rings. The lowest BCUT2D eigenvalue weighted by atomic mass is 9.77. The average Bonchev–Trinajstić information content (AvgIpc) is 2.99. The van der Waals surface area contributed by atoms with Crippen LogP contribution < -0.4 is 5.32 Å². The Bertz CT molecular complexity index is 1070. The number of rotatable bonds is 4. The number of nitrogens with one attached hydrogen (secondary N) is 1. The summed E-state index contributed by atoms with van der Waals surface area (Å²) in [4.78, 5) is 28.3. The minimum Gasteiger partial charge on any atom is -0.505 e. The minimum atomic E-state index is -4.91. The van der Waals surface area contributed by atoms with Gasteiger partial charge in [0.2, 0.25) is 5.82 Å². The van der Waals surface area contributed by atoms with Crippen LogP contribution in [0.1, 0.15) is 42.7 Å². The Labute approximate surface area is 179 Å². The first-order valence-electron chi connectivity index (χ1n) is 9.47. The predicted octanol–water partition coefficient (Wildman–Crippen LogP) is 4.35. The second-order valence-corrected chi connectivity index (χ2v) is 7.73. The van der Waals surface area contributed by atoms with Gasteiger partial charge in [0.1, 0.15) is 11.8 Å². The largest absolute Gasteiger partial charge is 0.505 e. The lowest BCUT2D eigenvalue weighted by molar-refractivity contribution is -0.272. The molecular weight excluding hydrogens is 439 g/mol. The molecular formula is C21H19F5N2O4. The van der Waals surface area contributed by atoms with Crippen molar-refractivity contribution in [3.8, 4) is 5.75 Å². The van der Waals surface area contributed by atoms with Gasteiger partial charge in [-0.1, -0.05) is 13.0 Å². The smallest absolute Gasteiger partial charge is 0.417 e. The van der Waals surface area contributed by atoms with Gasteiger partial charge in [0.15, 0.2) is 23.0 Å². The molecule has 2 heterocycles. The summed E-state index contributed by atoms with van der Waals surface area (Å²) >= 11 is 0. The normalized spacial score (nSPS) is 25.6. The maximum atomic E-state index is 14.0. The molecule has 1 saturated heterocycles. The molecule has 1 aromatic carbocycles. The van der Waals surface area contributed by atoms with E-state index in [1.54, 1.807) is 0 Å². The number of ketones is 1. The van der Waals surface area contributed by atoms with Crippen molar-refractivity contribution in [3.63, 3.8) is 0 Å². The fourth-order valence-corrected chi connectivity index (χ4v) is 3.76. The van der Waals surface area contributed by atoms with E-state index in [-0.39, 0.29) is 11.4 Å². The number of phenols is 1. The van der Waals surface area contributed by atoms with Crippen LogP contribution in [0.2, 0.25) is 0 Å². The van der Waals surface area contributed by atoms with Gasteiger partial charge in [-0.15, -0.1) is 0 Å². The van der Waals surface area contributed by atoms with Crippen LogP contribution in [0.25, 0.3) is 0 Å². The Hall–Kier alpha value is -3.08. The van der Waals surface area contributed by atoms with Crippen molar-refractivity contribution in [3.05, 3.63) is 53.4 Å². The summed E-state index contributed by atoms with van der Waals surface area (Å²) in [6.07, 6.45) is -5.50. The van der Waals surface area contributed by atoms with Crippen LogP contribution >= 0.6 is 0 Å². The molecule has 172 valence electrons. The van der Waals surface area contributed by atoms with Crippen molar-refractivity contribution in [1.29, 1.82) is 0 Å². The number of nitrogens with zero attached hydrogens (tertiary/aromatic N) is 1. The van der Waals surface area contributed by atoms with E-state index >= 15 is 0 Å². The molecule has 0 unspecified atom stereocenters. The summed E-state index contributed by atoms with van der Waals surface area (Å²) < 4.78 is 74.1. The number of hydrogen-bond acceptors (Lipinski definition) is 5. The fraction of sp³-hybridized carbons (Fsp3) is 0.381. The summed E-state index contributed by atoms with van der Waals surface area (Å²) in [6, 6.07) is 4.11. The highest BCUT2D eigenvalue weighted by atomic mass is 19.4. The third-order valence-corrected chi connectivity index (χ3v) is 5.77. The van der Waals surface area contributed by atoms with Crippen molar-refractivity contribution in [2.45, 2.75) is 44.6 Å². The van der Waals surface area contributed by atoms with Crippen molar-refractivity contribution < 1.29 is 41.4 Å². The first-order chi connectivity index (χ1) is 14.8. The van der Waals surface area contributed by atoms with Crippen LogP contribution in [-0.2, 0) is 9.53 Å². The maximum absolute atomic E-state index is 14.0. The summed E-state index contributed by atoms with van der Waals surface area (Å²) in [6.45, 7) is 3.13. The van der Waals surface area contributed by atoms with Gasteiger partial charge in [0, 0.05) is 36.2 Å². The fourth-order valence-electron chi connectivity index (χ4n) is 3.76. The molecule has 3 rings (SSSR count). The van der Waals surface area contributed by atoms with Gasteiger partial charge in [-0.25, -0.2) is 4.39 Å². The van der Waals surface area contributed by atoms with Gasteiger partial charge in [0.25, 0.3) is 5.91 Å². The van der Waals surface area contributed by atoms with Gasteiger partial charge in [-0.3, -0.25) is 14.6 Å². The van der Waals surface area contributed by atoms with E-state index in [1.807, 2.05) is 0 Å². The molecule has 2 N–H and O–H groups in total. The summed E-state index contributed by atoms with van der Waals surface area (Å²) in [7, 11) is 0. The number of halogens is 5. The number of benzene rings is 1. The molecule has 4 atom stereocenters. The van der Waals surface area contributed by atoms with Crippen LogP contribution in [-0.4, -0.2) is 39.7 Å². The minimum absolute atomic E-state index is 0.0124. The van der Waals surface area contributed by atoms with Gasteiger partial charge < -0.3 is 15.2 Å². The molecule has 1 aliphatic rings. The number of phenolic OH excluding ortho intramolecular Hbond substituents is 1. The van der Waals surface area contributed by atoms with Gasteiger partial charge in [-0.05, 0) is 25.1 Å². The van der Waals surface area contributed by atoms with Crippen LogP contribution in [0.4, 0.5) is 27.6 Å². The number of carbonyl (C=O) groups is 2. The highest BCUT2D eigenvalue weighted by Gasteiger charge is 2.65. The van der Waals surface area contributed by atoms with Crippen molar-refractivity contribution >= 4 is 17.4 Å². The number of aromatic nitrogens is 1. The van der Waals surface area contributed by atoms with Crippen molar-refractivity contribution in [2.75, 3.05) is 5.32 Å². The summed E-state index contributed by atoms with van der Waals surface area (Å²) in [5, 5.41) is 12.4. The second kappa shape index (κ2) is 8.12. The topological polar surface area (TPSA) is 88.5 Å². The monoisotopic (exact) mass is 458 g/mol. The molecule has 32 heavy (non-hydrogen) atoms. The van der Waals surface area contributed by atoms with E-state index in [4.69, 9.17) is 4.74 Å². The molecule has 1 fully saturated rings. The number of amides is 1. The first-order valence-corrected chi connectivity index (χ1v) is 9.47. The van der Waals surface area contributed by atoms with Gasteiger partial charge in [0.05, 0.1) is 0 Å². The third-order valence-electron chi connectivity index (χ3n) is 5.77. The molecule has 0 spiro atoms. The number of ether oxygens (including phenoxy) is 1. The van der Waals surface area contributed by atoms with E-state index < -0.39 is 64.4 Å². The number of hydrogen-bond donors (Lipinski definition) is 2. The Kier molecular flexibility index (Phi) is 5.98. The molecule has 1 aromatic heterocycles. The average molecular weight is 458 g/mol. The maximum Gasteiger partial charge on any atom is 0.417 e. The van der Waals surface area contributed by atoms with Crippen molar-refractivity contribution in [2.24, 2.45) is 5.92 Å². The Balaban J connectivity index is 2.05. The number of Topliss-reactive ketones (excluding diaryl/α,β-unsaturated/α-hetero) is 1. The van der Waals surface area contributed by atoms with E-state index in [0.29, 0.717) is 6.07 Å². The van der Waals surface area contributed by atoms with E-state index in [0.717, 1.165) is 19.9 Å². The number of carbonyl (C=O) groups excluding carboxylic acids is 2. The molecule has 1 amide bonds. The SMILES string of the molecule is CC(=O)c1cc(NC(=O)[C@H]2O[C@](C)(C(F)(F)F)[C@@H](C)[C@H]2c2ccc(F)c(F)c2O)ccn1. The number of aromatic hydroxyl groups is 1. The van der Waals surface area contributed by atoms with Crippen molar-refractivity contribution in [1.82, 2.24) is 4.98 Å². The standard InChI is InChI=1S/C21H19F5N2O4/c1-9-15(12-4-5-13(22)16(23)17(12)30)18(32-20(9,3)21(24,25)26)19(31)28-11-6-7-27-14(8-11)10(2)29/h4-9,15,18,30H,1-3H3,(H,27,28,31)/t9-,15-,18-,20-/m0/s1. The zero-order valence-electron chi connectivity index (χ0n) is 17.1. The van der Waals surface area contributed by atoms with Gasteiger partial charge in [-0.2, -0.15) is 17.6 Å². The third kappa shape index (κ3) is 3.92. The predicted molar refractivity (Wildman–Crippen MR) is 102 cm³/mol. The highest BCUT2D eigenvalue weighted by Crippen LogP contribution is 2.54. The lowest BCUT2D eigenvalue weighted by Crippen LogP contribution is -2.47. The number of pyridine rings is 1. The Morgan fingerprint density at radius 1 is 1.22 bits per heavy atom. The van der Waals surface area contributed by atoms with E-state index in [2.05, 4.69) is 10.3 Å². The van der Waals surface area contributed by atoms with Crippen LogP contribution in [0.3, 0.4) is 0 Å². The molecule has 6 nitrogen and oxygen atoms in total. The molecule has 0 aliphatic carbocycles. The van der Waals surface area contributed by atoms with Crippen LogP contribution in [0.5, 0.6) is 5.75 Å². The van der Waals surface area contributed by atoms with E-state index in [1.165, 1.54) is 25.3 Å². The summed E-state index contributed by atoms with van der Waals surface area (Å²) in [5.74, 6) is -8.59. The lowest BCUT2D eigenvalue weighted by Gasteiger charge is -2.31. The number of alkyl halides is 3. The molecule has 0 radical (unpaired) electrons. The highest BCUT2D eigenvalue weighted by molar-refractivity contribution is 5.97. The van der Waals surface area contributed by atoms with Crippen LogP contribution in [0, 0.1) is 17.6 Å². The zero-order valence-corrected chi connectivity index (χ0v) is 17.1. The Morgan fingerprint density at radius 2 is 1.88 bits per heavy atom. The zero-order chi connectivity index (χ0) is 24.0. The summed E-state index contributed by atoms with van der Waals surface area (Å²) in [5.41, 5.74) is -3.14. The number of anilines is 1. The quantitative estimate of drug-likeness (QED) is 0.526. The molecule has 11 heteroatoms. The van der Waals surface area contributed by atoms with E-state index in [9.17, 15) is 36.6 Å². The first kappa shape index (κ1) is 23.6. The molecule has 0 saturated carbocycles. The molecule has 0 bridgehead atoms. The molecule has 1 aliphatic heterocycles. The Morgan fingerprint density at radius 3 is 2.47 bits per heavy atom. The van der Waals surface area contributed by atoms with Gasteiger partial charge >= 0.3 is 6.18 Å². The van der Waals surface area contributed by atoms with Crippen LogP contribution in [0.15, 0.2) is 30.5 Å².